The molecule has 2 aromatic rings. The van der Waals surface area contributed by atoms with Crippen LogP contribution in [0.25, 0.3) is 5.82 Å². The third-order valence-electron chi connectivity index (χ3n) is 3.55. The Morgan fingerprint density at radius 1 is 1.25 bits per heavy atom. The molecule has 0 saturated heterocycles. The largest absolute Gasteiger partial charge is 0.319 e. The molecule has 0 spiro atoms. The predicted molar refractivity (Wildman–Crippen MR) is 80.2 cm³/mol. The van der Waals surface area contributed by atoms with Gasteiger partial charge in [0.1, 0.15) is 6.33 Å². The Kier molecular flexibility index (Phi) is 4.49. The van der Waals surface area contributed by atoms with Gasteiger partial charge in [-0.3, -0.25) is 0 Å². The van der Waals surface area contributed by atoms with Gasteiger partial charge in [0.15, 0.2) is 5.82 Å². The number of aromatic nitrogens is 4. The Hall–Kier alpha value is -1.75. The van der Waals surface area contributed by atoms with E-state index in [0.29, 0.717) is 5.92 Å². The lowest BCUT2D eigenvalue weighted by Crippen LogP contribution is -2.18. The van der Waals surface area contributed by atoms with E-state index >= 15 is 0 Å². The number of aryl methyl sites for hydroxylation is 2. The van der Waals surface area contributed by atoms with Crippen molar-refractivity contribution in [3.63, 3.8) is 0 Å². The number of hydrogen-bond acceptors (Lipinski definition) is 4. The average molecular weight is 273 g/mol. The minimum atomic E-state index is 0.585. The average Bonchev–Trinajstić information content (AvgIpc) is 2.67. The third kappa shape index (κ3) is 3.04. The SMILES string of the molecule is CNCC(C)Cc1c(C)nn(-c2cc(C)ncn2)c1C. The predicted octanol–water partition coefficient (Wildman–Crippen LogP) is 1.99. The van der Waals surface area contributed by atoms with Crippen LogP contribution in [0.15, 0.2) is 12.4 Å². The molecule has 2 rings (SSSR count). The molecule has 108 valence electrons. The fourth-order valence-electron chi connectivity index (χ4n) is 2.52. The minimum Gasteiger partial charge on any atom is -0.319 e. The maximum absolute atomic E-state index is 4.64. The van der Waals surface area contributed by atoms with Gasteiger partial charge in [0.05, 0.1) is 5.69 Å². The molecule has 1 unspecified atom stereocenters. The van der Waals surface area contributed by atoms with E-state index in [4.69, 9.17) is 0 Å². The van der Waals surface area contributed by atoms with Gasteiger partial charge in [-0.1, -0.05) is 6.92 Å². The van der Waals surface area contributed by atoms with Crippen molar-refractivity contribution in [1.29, 1.82) is 0 Å². The van der Waals surface area contributed by atoms with Crippen molar-refractivity contribution in [2.24, 2.45) is 5.92 Å². The highest BCUT2D eigenvalue weighted by atomic mass is 15.3. The Bertz CT molecular complexity index is 588. The summed E-state index contributed by atoms with van der Waals surface area (Å²) >= 11 is 0. The molecular weight excluding hydrogens is 250 g/mol. The van der Waals surface area contributed by atoms with E-state index in [1.165, 1.54) is 11.3 Å². The van der Waals surface area contributed by atoms with E-state index in [-0.39, 0.29) is 0 Å². The maximum atomic E-state index is 4.64. The lowest BCUT2D eigenvalue weighted by molar-refractivity contribution is 0.539. The Morgan fingerprint density at radius 2 is 2.00 bits per heavy atom. The standard InChI is InChI=1S/C15H23N5/c1-10(8-16-5)6-14-12(3)19-20(13(14)4)15-7-11(2)17-9-18-15/h7,9-10,16H,6,8H2,1-5H3. The summed E-state index contributed by atoms with van der Waals surface area (Å²) in [5.41, 5.74) is 4.53. The van der Waals surface area contributed by atoms with Gasteiger partial charge in [-0.25, -0.2) is 14.6 Å². The second-order valence-corrected chi connectivity index (χ2v) is 5.45. The minimum absolute atomic E-state index is 0.585. The second-order valence-electron chi connectivity index (χ2n) is 5.45. The molecule has 2 aromatic heterocycles. The van der Waals surface area contributed by atoms with E-state index in [9.17, 15) is 0 Å². The summed E-state index contributed by atoms with van der Waals surface area (Å²) in [6.45, 7) is 9.41. The maximum Gasteiger partial charge on any atom is 0.157 e. The zero-order valence-electron chi connectivity index (χ0n) is 12.9. The Morgan fingerprint density at radius 3 is 2.65 bits per heavy atom. The lowest BCUT2D eigenvalue weighted by atomic mass is 10.00. The number of nitrogens with one attached hydrogen (secondary N) is 1. The highest BCUT2D eigenvalue weighted by molar-refractivity contribution is 5.33. The van der Waals surface area contributed by atoms with Gasteiger partial charge in [0, 0.05) is 17.5 Å². The van der Waals surface area contributed by atoms with E-state index in [1.807, 2.05) is 24.7 Å². The van der Waals surface area contributed by atoms with Crippen LogP contribution in [0.3, 0.4) is 0 Å². The van der Waals surface area contributed by atoms with Crippen LogP contribution in [0.4, 0.5) is 0 Å². The van der Waals surface area contributed by atoms with Gasteiger partial charge < -0.3 is 5.32 Å². The first kappa shape index (κ1) is 14.7. The van der Waals surface area contributed by atoms with Crippen molar-refractivity contribution < 1.29 is 0 Å². The normalized spacial score (nSPS) is 12.7. The first-order valence-corrected chi connectivity index (χ1v) is 7.01. The van der Waals surface area contributed by atoms with E-state index in [2.05, 4.69) is 41.2 Å². The summed E-state index contributed by atoms with van der Waals surface area (Å²) in [5.74, 6) is 1.42. The molecule has 0 amide bonds. The molecule has 5 heteroatoms. The van der Waals surface area contributed by atoms with E-state index in [0.717, 1.165) is 30.2 Å². The molecular formula is C15H23N5. The van der Waals surface area contributed by atoms with Crippen molar-refractivity contribution >= 4 is 0 Å². The first-order chi connectivity index (χ1) is 9.52. The number of nitrogens with zero attached hydrogens (tertiary/aromatic N) is 4. The van der Waals surface area contributed by atoms with Crippen LogP contribution in [0.5, 0.6) is 0 Å². The van der Waals surface area contributed by atoms with Gasteiger partial charge in [-0.2, -0.15) is 5.10 Å². The molecule has 20 heavy (non-hydrogen) atoms. The Balaban J connectivity index is 2.33. The van der Waals surface area contributed by atoms with Crippen LogP contribution >= 0.6 is 0 Å². The lowest BCUT2D eigenvalue weighted by Gasteiger charge is -2.11. The van der Waals surface area contributed by atoms with Gasteiger partial charge in [-0.15, -0.1) is 0 Å². The summed E-state index contributed by atoms with van der Waals surface area (Å²) in [6, 6.07) is 1.96. The van der Waals surface area contributed by atoms with Crippen LogP contribution in [-0.4, -0.2) is 33.3 Å². The molecule has 1 N–H and O–H groups in total. The highest BCUT2D eigenvalue weighted by Gasteiger charge is 2.15. The molecule has 1 atom stereocenters. The molecule has 0 radical (unpaired) electrons. The van der Waals surface area contributed by atoms with Crippen molar-refractivity contribution in [3.8, 4) is 5.82 Å². The molecule has 0 saturated carbocycles. The summed E-state index contributed by atoms with van der Waals surface area (Å²) in [5, 5.41) is 7.87. The topological polar surface area (TPSA) is 55.6 Å². The Labute approximate surface area is 120 Å². The van der Waals surface area contributed by atoms with E-state index < -0.39 is 0 Å². The van der Waals surface area contributed by atoms with Crippen LogP contribution in [0.2, 0.25) is 0 Å². The van der Waals surface area contributed by atoms with E-state index in [1.54, 1.807) is 6.33 Å². The van der Waals surface area contributed by atoms with Gasteiger partial charge in [0.2, 0.25) is 0 Å². The zero-order valence-corrected chi connectivity index (χ0v) is 12.9. The van der Waals surface area contributed by atoms with Crippen molar-refractivity contribution in [3.05, 3.63) is 35.0 Å². The van der Waals surface area contributed by atoms with Crippen molar-refractivity contribution in [1.82, 2.24) is 25.1 Å². The molecule has 0 aliphatic carbocycles. The van der Waals surface area contributed by atoms with Crippen LogP contribution in [-0.2, 0) is 6.42 Å². The monoisotopic (exact) mass is 273 g/mol. The molecule has 0 fully saturated rings. The number of hydrogen-bond donors (Lipinski definition) is 1. The second kappa shape index (κ2) is 6.13. The summed E-state index contributed by atoms with van der Waals surface area (Å²) in [6.07, 6.45) is 2.62. The van der Waals surface area contributed by atoms with Crippen molar-refractivity contribution in [2.75, 3.05) is 13.6 Å². The molecule has 2 heterocycles. The quantitative estimate of drug-likeness (QED) is 0.905. The molecule has 5 nitrogen and oxygen atoms in total. The number of rotatable bonds is 5. The zero-order chi connectivity index (χ0) is 14.7. The fraction of sp³-hybridized carbons (Fsp3) is 0.533. The van der Waals surface area contributed by atoms with Gasteiger partial charge >= 0.3 is 0 Å². The summed E-state index contributed by atoms with van der Waals surface area (Å²) in [4.78, 5) is 8.45. The first-order valence-electron chi connectivity index (χ1n) is 7.01. The smallest absolute Gasteiger partial charge is 0.157 e. The van der Waals surface area contributed by atoms with Crippen LogP contribution in [0, 0.1) is 26.7 Å². The van der Waals surface area contributed by atoms with Crippen LogP contribution < -0.4 is 5.32 Å². The fourth-order valence-corrected chi connectivity index (χ4v) is 2.52. The summed E-state index contributed by atoms with van der Waals surface area (Å²) < 4.78 is 1.92. The highest BCUT2D eigenvalue weighted by Crippen LogP contribution is 2.20. The summed E-state index contributed by atoms with van der Waals surface area (Å²) in [7, 11) is 1.99. The van der Waals surface area contributed by atoms with Crippen molar-refractivity contribution in [2.45, 2.75) is 34.1 Å². The van der Waals surface area contributed by atoms with Gasteiger partial charge in [0.25, 0.3) is 0 Å². The molecule has 0 aliphatic heterocycles. The third-order valence-corrected chi connectivity index (χ3v) is 3.55. The van der Waals surface area contributed by atoms with Crippen LogP contribution in [0.1, 0.15) is 29.6 Å². The van der Waals surface area contributed by atoms with Gasteiger partial charge in [-0.05, 0) is 52.3 Å². The molecule has 0 aliphatic rings. The molecule has 0 bridgehead atoms. The molecule has 0 aromatic carbocycles.